The van der Waals surface area contributed by atoms with Crippen LogP contribution in [-0.2, 0) is 9.68 Å². The van der Waals surface area contributed by atoms with Gasteiger partial charge in [0, 0.05) is 11.3 Å². The Balaban J connectivity index is 0.000000982. The number of benzene rings is 1. The van der Waals surface area contributed by atoms with E-state index in [1.165, 1.54) is 19.2 Å². The maximum Gasteiger partial charge on any atom is 0.323 e. The first-order valence-corrected chi connectivity index (χ1v) is 5.09. The fourth-order valence-electron chi connectivity index (χ4n) is 1.18. The summed E-state index contributed by atoms with van der Waals surface area (Å²) >= 11 is 0. The number of rotatable bonds is 4. The van der Waals surface area contributed by atoms with Crippen molar-refractivity contribution in [2.24, 2.45) is 5.73 Å². The lowest BCUT2D eigenvalue weighted by atomic mass is 10.00. The van der Waals surface area contributed by atoms with Crippen molar-refractivity contribution in [1.82, 2.24) is 0 Å². The summed E-state index contributed by atoms with van der Waals surface area (Å²) in [5.41, 5.74) is 10.9. The number of aliphatic carboxylic acids is 1. The zero-order chi connectivity index (χ0) is 15.0. The lowest BCUT2D eigenvalue weighted by molar-refractivity contribution is -0.214. The zero-order valence-electron chi connectivity index (χ0n) is 10.2. The second-order valence-electron chi connectivity index (χ2n) is 3.44. The van der Waals surface area contributed by atoms with Crippen LogP contribution in [0.3, 0.4) is 0 Å². The second-order valence-corrected chi connectivity index (χ2v) is 3.44. The standard InChI is InChI=1S/C10H12N2O4.CH4O2/c11-6-4-2-1-3-5(6)8(13)9(14)7(12)10(15)16;1-3-2/h1-4,7,9,14H,11-12H2,(H,15,16);2H,1H3/t7?,9-;/m1./s1. The van der Waals surface area contributed by atoms with Gasteiger partial charge in [-0.1, -0.05) is 12.1 Å². The zero-order valence-corrected chi connectivity index (χ0v) is 10.2. The van der Waals surface area contributed by atoms with E-state index in [0.717, 1.165) is 0 Å². The Hall–Kier alpha value is -2.00. The van der Waals surface area contributed by atoms with E-state index in [9.17, 15) is 14.7 Å². The molecule has 0 saturated heterocycles. The molecule has 0 heterocycles. The number of carboxylic acid groups (broad SMARTS) is 1. The number of carboxylic acids is 1. The molecule has 1 aromatic carbocycles. The highest BCUT2D eigenvalue weighted by Gasteiger charge is 2.30. The largest absolute Gasteiger partial charge is 0.480 e. The molecule has 1 unspecified atom stereocenters. The van der Waals surface area contributed by atoms with E-state index in [1.54, 1.807) is 12.1 Å². The van der Waals surface area contributed by atoms with Crippen molar-refractivity contribution < 1.29 is 29.9 Å². The molecule has 1 aromatic rings. The van der Waals surface area contributed by atoms with E-state index in [2.05, 4.69) is 4.89 Å². The summed E-state index contributed by atoms with van der Waals surface area (Å²) in [7, 11) is 1.18. The lowest BCUT2D eigenvalue weighted by Gasteiger charge is -2.14. The number of hydrogen-bond acceptors (Lipinski definition) is 7. The van der Waals surface area contributed by atoms with Gasteiger partial charge in [0.15, 0.2) is 5.78 Å². The Morgan fingerprint density at radius 3 is 2.21 bits per heavy atom. The van der Waals surface area contributed by atoms with Crippen molar-refractivity contribution >= 4 is 17.4 Å². The number of ketones is 1. The van der Waals surface area contributed by atoms with Gasteiger partial charge in [0.25, 0.3) is 0 Å². The number of nitrogen functional groups attached to an aromatic ring is 1. The van der Waals surface area contributed by atoms with Gasteiger partial charge in [0.05, 0.1) is 7.11 Å². The quantitative estimate of drug-likeness (QED) is 0.209. The Labute approximate surface area is 109 Å². The molecular weight excluding hydrogens is 256 g/mol. The number of Topliss-reactive ketones (excluding diaryl/α,β-unsaturated/α-hetero) is 1. The summed E-state index contributed by atoms with van der Waals surface area (Å²) in [6.45, 7) is 0. The maximum atomic E-state index is 11.6. The molecule has 0 amide bonds. The van der Waals surface area contributed by atoms with Gasteiger partial charge in [-0.2, -0.15) is 0 Å². The summed E-state index contributed by atoms with van der Waals surface area (Å²) in [4.78, 5) is 25.4. The van der Waals surface area contributed by atoms with Gasteiger partial charge in [-0.05, 0) is 12.1 Å². The SMILES string of the molecule is COO.Nc1ccccc1C(=O)[C@H](O)C(N)C(=O)O. The van der Waals surface area contributed by atoms with Gasteiger partial charge in [0.2, 0.25) is 0 Å². The topological polar surface area (TPSA) is 156 Å². The maximum absolute atomic E-state index is 11.6. The van der Waals surface area contributed by atoms with Crippen LogP contribution in [0.2, 0.25) is 0 Å². The van der Waals surface area contributed by atoms with Crippen molar-refractivity contribution in [2.75, 3.05) is 12.8 Å². The van der Waals surface area contributed by atoms with E-state index < -0.39 is 23.9 Å². The molecule has 7 N–H and O–H groups in total. The predicted molar refractivity (Wildman–Crippen MR) is 66.4 cm³/mol. The van der Waals surface area contributed by atoms with E-state index in [-0.39, 0.29) is 11.3 Å². The average Bonchev–Trinajstić information content (AvgIpc) is 2.37. The van der Waals surface area contributed by atoms with Crippen LogP contribution in [0.1, 0.15) is 10.4 Å². The molecule has 19 heavy (non-hydrogen) atoms. The molecule has 0 aliphatic carbocycles. The second kappa shape index (κ2) is 8.16. The fourth-order valence-corrected chi connectivity index (χ4v) is 1.18. The third-order valence-corrected chi connectivity index (χ3v) is 2.12. The minimum absolute atomic E-state index is 0.0618. The van der Waals surface area contributed by atoms with Gasteiger partial charge in [-0.15, -0.1) is 0 Å². The summed E-state index contributed by atoms with van der Waals surface area (Å²) in [5, 5.41) is 25.0. The van der Waals surface area contributed by atoms with E-state index in [4.69, 9.17) is 21.8 Å². The monoisotopic (exact) mass is 272 g/mol. The number of carbonyl (C=O) groups is 2. The van der Waals surface area contributed by atoms with Crippen LogP contribution in [0, 0.1) is 0 Å². The molecule has 0 spiro atoms. The minimum Gasteiger partial charge on any atom is -0.480 e. The Kier molecular flexibility index (Phi) is 7.30. The van der Waals surface area contributed by atoms with Crippen LogP contribution in [0.5, 0.6) is 0 Å². The number of nitrogens with two attached hydrogens (primary N) is 2. The van der Waals surface area contributed by atoms with Gasteiger partial charge < -0.3 is 21.7 Å². The minimum atomic E-state index is -1.80. The number of hydrogen-bond donors (Lipinski definition) is 5. The molecule has 8 nitrogen and oxygen atoms in total. The van der Waals surface area contributed by atoms with Gasteiger partial charge in [0.1, 0.15) is 12.1 Å². The van der Waals surface area contributed by atoms with Crippen LogP contribution >= 0.6 is 0 Å². The average molecular weight is 272 g/mol. The smallest absolute Gasteiger partial charge is 0.323 e. The fraction of sp³-hybridized carbons (Fsp3) is 0.273. The van der Waals surface area contributed by atoms with Crippen LogP contribution in [-0.4, -0.2) is 46.5 Å². The molecule has 8 heteroatoms. The molecule has 0 aromatic heterocycles. The van der Waals surface area contributed by atoms with E-state index in [0.29, 0.717) is 0 Å². The van der Waals surface area contributed by atoms with Gasteiger partial charge >= 0.3 is 5.97 Å². The van der Waals surface area contributed by atoms with E-state index in [1.807, 2.05) is 0 Å². The Morgan fingerprint density at radius 1 is 1.32 bits per heavy atom. The third kappa shape index (κ3) is 5.02. The van der Waals surface area contributed by atoms with Crippen molar-refractivity contribution in [3.63, 3.8) is 0 Å². The van der Waals surface area contributed by atoms with Crippen LogP contribution < -0.4 is 11.5 Å². The number of anilines is 1. The predicted octanol–water partition coefficient (Wildman–Crippen LogP) is -0.670. The first kappa shape index (κ1) is 17.0. The molecule has 0 radical (unpaired) electrons. The van der Waals surface area contributed by atoms with Crippen molar-refractivity contribution in [3.05, 3.63) is 29.8 Å². The van der Waals surface area contributed by atoms with E-state index >= 15 is 0 Å². The molecule has 1 rings (SSSR count). The van der Waals surface area contributed by atoms with Crippen molar-refractivity contribution in [1.29, 1.82) is 0 Å². The summed E-state index contributed by atoms with van der Waals surface area (Å²) in [5.74, 6) is -2.25. The molecule has 2 atom stereocenters. The van der Waals surface area contributed by atoms with Crippen LogP contribution in [0.15, 0.2) is 24.3 Å². The molecule has 0 aliphatic rings. The van der Waals surface area contributed by atoms with Crippen LogP contribution in [0.25, 0.3) is 0 Å². The highest BCUT2D eigenvalue weighted by molar-refractivity contribution is 6.05. The molecular formula is C11H16N2O6. The molecule has 0 bridgehead atoms. The van der Waals surface area contributed by atoms with Gasteiger partial charge in [-0.25, -0.2) is 4.89 Å². The summed E-state index contributed by atoms with van der Waals surface area (Å²) < 4.78 is 0. The summed E-state index contributed by atoms with van der Waals surface area (Å²) in [6, 6.07) is 4.40. The molecule has 0 aliphatic heterocycles. The number of carbonyl (C=O) groups excluding carboxylic acids is 1. The third-order valence-electron chi connectivity index (χ3n) is 2.12. The summed E-state index contributed by atoms with van der Waals surface area (Å²) in [6.07, 6.45) is -1.80. The first-order valence-electron chi connectivity index (χ1n) is 5.09. The highest BCUT2D eigenvalue weighted by atomic mass is 17.1. The lowest BCUT2D eigenvalue weighted by Crippen LogP contribution is -2.46. The first-order chi connectivity index (χ1) is 8.86. The van der Waals surface area contributed by atoms with Crippen molar-refractivity contribution in [3.8, 4) is 0 Å². The molecule has 0 fully saturated rings. The number of aliphatic hydroxyl groups is 1. The molecule has 0 saturated carbocycles. The molecule has 106 valence electrons. The van der Waals surface area contributed by atoms with Crippen molar-refractivity contribution in [2.45, 2.75) is 12.1 Å². The number of aliphatic hydroxyl groups excluding tert-OH is 1. The Morgan fingerprint density at radius 2 is 1.79 bits per heavy atom. The highest BCUT2D eigenvalue weighted by Crippen LogP contribution is 2.14. The normalized spacial score (nSPS) is 12.8. The van der Waals surface area contributed by atoms with Crippen LogP contribution in [0.4, 0.5) is 5.69 Å². The number of para-hydroxylation sites is 1. The van der Waals surface area contributed by atoms with Gasteiger partial charge in [-0.3, -0.25) is 14.8 Å². The Bertz CT molecular complexity index is 437.